The minimum atomic E-state index is -1.00. The lowest BCUT2D eigenvalue weighted by Gasteiger charge is -2.13. The van der Waals surface area contributed by atoms with Crippen molar-refractivity contribution in [1.29, 1.82) is 0 Å². The van der Waals surface area contributed by atoms with Crippen LogP contribution in [0.15, 0.2) is 110 Å². The van der Waals surface area contributed by atoms with E-state index in [1.807, 2.05) is 30.3 Å². The average Bonchev–Trinajstić information content (AvgIpc) is 3.43. The number of methoxy groups -OCH3 is 1. The van der Waals surface area contributed by atoms with Crippen molar-refractivity contribution in [2.75, 3.05) is 7.11 Å². The molecule has 0 aliphatic rings. The van der Waals surface area contributed by atoms with Gasteiger partial charge in [0.05, 0.1) is 29.8 Å². The first-order valence-corrected chi connectivity index (χ1v) is 13.6. The SMILES string of the molecule is COc1cccc(C=Nn2c(-c3cc4cc(Br)ccc4o3)nc3ccccc3c2=O)c1OCc1ccc(C(=O)O)cc1. The van der Waals surface area contributed by atoms with Crippen LogP contribution in [0.1, 0.15) is 21.5 Å². The highest BCUT2D eigenvalue weighted by molar-refractivity contribution is 9.10. The van der Waals surface area contributed by atoms with Crippen LogP contribution in [0.25, 0.3) is 33.5 Å². The Hall–Kier alpha value is -5.22. The summed E-state index contributed by atoms with van der Waals surface area (Å²) >= 11 is 3.48. The monoisotopic (exact) mass is 623 g/mol. The zero-order chi connectivity index (χ0) is 29.2. The molecule has 10 heteroatoms. The van der Waals surface area contributed by atoms with Crippen molar-refractivity contribution < 1.29 is 23.8 Å². The van der Waals surface area contributed by atoms with E-state index in [-0.39, 0.29) is 23.6 Å². The molecule has 0 atom stereocenters. The zero-order valence-corrected chi connectivity index (χ0v) is 23.7. The van der Waals surface area contributed by atoms with E-state index in [1.165, 1.54) is 30.1 Å². The standard InChI is InChI=1S/C32H22BrN3O6/c1-40-27-8-4-5-21(29(27)41-18-19-9-11-20(12-10-19)32(38)39)17-34-36-30(35-25-7-3-2-6-24(25)31(36)37)28-16-22-15-23(33)13-14-26(22)42-28/h2-17H,18H2,1H3,(H,38,39). The Balaban J connectivity index is 1.42. The number of rotatable bonds is 8. The Kier molecular flexibility index (Phi) is 7.28. The van der Waals surface area contributed by atoms with Crippen molar-refractivity contribution in [3.05, 3.63) is 123 Å². The number of ether oxygens (including phenoxy) is 2. The Morgan fingerprint density at radius 3 is 2.64 bits per heavy atom. The molecular formula is C32H22BrN3O6. The fraction of sp³-hybridized carbons (Fsp3) is 0.0625. The Morgan fingerprint density at radius 2 is 1.86 bits per heavy atom. The third kappa shape index (κ3) is 5.27. The number of hydrogen-bond acceptors (Lipinski definition) is 7. The molecule has 9 nitrogen and oxygen atoms in total. The quantitative estimate of drug-likeness (QED) is 0.187. The number of aromatic nitrogens is 2. The average molecular weight is 624 g/mol. The molecule has 1 N–H and O–H groups in total. The first kappa shape index (κ1) is 27.0. The maximum atomic E-state index is 13.7. The number of benzene rings is 4. The van der Waals surface area contributed by atoms with Gasteiger partial charge in [-0.1, -0.05) is 46.3 Å². The molecule has 0 aliphatic heterocycles. The van der Waals surface area contributed by atoms with E-state index >= 15 is 0 Å². The summed E-state index contributed by atoms with van der Waals surface area (Å²) in [6, 6.07) is 26.2. The highest BCUT2D eigenvalue weighted by atomic mass is 79.9. The van der Waals surface area contributed by atoms with Gasteiger partial charge in [0.15, 0.2) is 17.3 Å². The molecule has 0 radical (unpaired) electrons. The molecular weight excluding hydrogens is 602 g/mol. The van der Waals surface area contributed by atoms with Gasteiger partial charge in [0.1, 0.15) is 12.2 Å². The number of carboxylic acids is 1. The lowest BCUT2D eigenvalue weighted by Crippen LogP contribution is -2.20. The molecule has 0 fully saturated rings. The van der Waals surface area contributed by atoms with Gasteiger partial charge in [-0.15, -0.1) is 0 Å². The van der Waals surface area contributed by atoms with Crippen LogP contribution in [0, 0.1) is 0 Å². The van der Waals surface area contributed by atoms with Gasteiger partial charge >= 0.3 is 5.97 Å². The molecule has 0 aliphatic carbocycles. The Bertz CT molecular complexity index is 2050. The second-order valence-electron chi connectivity index (χ2n) is 9.28. The maximum Gasteiger partial charge on any atom is 0.335 e. The number of halogens is 1. The van der Waals surface area contributed by atoms with Crippen LogP contribution in [0.5, 0.6) is 11.5 Å². The zero-order valence-electron chi connectivity index (χ0n) is 22.2. The van der Waals surface area contributed by atoms with Gasteiger partial charge in [0.2, 0.25) is 5.82 Å². The number of para-hydroxylation sites is 2. The van der Waals surface area contributed by atoms with Crippen molar-refractivity contribution in [1.82, 2.24) is 9.66 Å². The van der Waals surface area contributed by atoms with Gasteiger partial charge in [0.25, 0.3) is 5.56 Å². The van der Waals surface area contributed by atoms with Crippen molar-refractivity contribution in [2.45, 2.75) is 6.61 Å². The van der Waals surface area contributed by atoms with Gasteiger partial charge in [-0.3, -0.25) is 4.79 Å². The van der Waals surface area contributed by atoms with Crippen LogP contribution in [0.3, 0.4) is 0 Å². The molecule has 2 aromatic heterocycles. The molecule has 0 unspecified atom stereocenters. The number of furan rings is 1. The fourth-order valence-electron chi connectivity index (χ4n) is 4.48. The lowest BCUT2D eigenvalue weighted by molar-refractivity contribution is 0.0697. The van der Waals surface area contributed by atoms with Crippen molar-refractivity contribution in [2.24, 2.45) is 5.10 Å². The Labute approximate surface area is 247 Å². The van der Waals surface area contributed by atoms with Gasteiger partial charge in [0, 0.05) is 15.4 Å². The molecule has 0 bridgehead atoms. The van der Waals surface area contributed by atoms with Gasteiger partial charge in [-0.05, 0) is 66.2 Å². The molecule has 42 heavy (non-hydrogen) atoms. The lowest BCUT2D eigenvalue weighted by atomic mass is 10.1. The molecule has 0 saturated carbocycles. The highest BCUT2D eigenvalue weighted by Gasteiger charge is 2.17. The smallest absolute Gasteiger partial charge is 0.335 e. The second kappa shape index (κ2) is 11.3. The van der Waals surface area contributed by atoms with Gasteiger partial charge < -0.3 is 19.0 Å². The summed E-state index contributed by atoms with van der Waals surface area (Å²) in [7, 11) is 1.53. The summed E-state index contributed by atoms with van der Waals surface area (Å²) in [5, 5.41) is 15.0. The van der Waals surface area contributed by atoms with Crippen LogP contribution < -0.4 is 15.0 Å². The third-order valence-electron chi connectivity index (χ3n) is 6.58. The summed E-state index contributed by atoms with van der Waals surface area (Å²) in [5.41, 5.74) is 2.30. The summed E-state index contributed by atoms with van der Waals surface area (Å²) in [5.74, 6) is 0.497. The number of carboxylic acid groups (broad SMARTS) is 1. The first-order valence-electron chi connectivity index (χ1n) is 12.8. The molecule has 4 aromatic carbocycles. The molecule has 208 valence electrons. The normalized spacial score (nSPS) is 11.4. The predicted octanol–water partition coefficient (Wildman–Crippen LogP) is 6.74. The van der Waals surface area contributed by atoms with Crippen LogP contribution >= 0.6 is 15.9 Å². The second-order valence-corrected chi connectivity index (χ2v) is 10.2. The molecule has 0 spiro atoms. The fourth-order valence-corrected chi connectivity index (χ4v) is 4.86. The van der Waals surface area contributed by atoms with Gasteiger partial charge in [-0.2, -0.15) is 9.78 Å². The molecule has 6 aromatic rings. The summed E-state index contributed by atoms with van der Waals surface area (Å²) in [4.78, 5) is 29.6. The topological polar surface area (TPSA) is 116 Å². The van der Waals surface area contributed by atoms with Crippen LogP contribution in [-0.4, -0.2) is 34.1 Å². The Morgan fingerprint density at radius 1 is 1.05 bits per heavy atom. The molecule has 0 amide bonds. The van der Waals surface area contributed by atoms with Gasteiger partial charge in [-0.25, -0.2) is 9.78 Å². The predicted molar refractivity (Wildman–Crippen MR) is 163 cm³/mol. The van der Waals surface area contributed by atoms with E-state index in [2.05, 4.69) is 21.0 Å². The van der Waals surface area contributed by atoms with Crippen molar-refractivity contribution in [3.63, 3.8) is 0 Å². The number of fused-ring (bicyclic) bond motifs is 2. The summed E-state index contributed by atoms with van der Waals surface area (Å²) < 4.78 is 19.8. The number of carbonyl (C=O) groups is 1. The van der Waals surface area contributed by atoms with Crippen LogP contribution in [0.2, 0.25) is 0 Å². The highest BCUT2D eigenvalue weighted by Crippen LogP contribution is 2.32. The van der Waals surface area contributed by atoms with E-state index in [4.69, 9.17) is 24.0 Å². The van der Waals surface area contributed by atoms with Crippen molar-refractivity contribution in [3.8, 4) is 23.1 Å². The van der Waals surface area contributed by atoms with E-state index in [9.17, 15) is 9.59 Å². The van der Waals surface area contributed by atoms with E-state index in [0.717, 1.165) is 15.4 Å². The minimum Gasteiger partial charge on any atom is -0.493 e. The van der Waals surface area contributed by atoms with Crippen molar-refractivity contribution >= 4 is 50.0 Å². The molecule has 6 rings (SSSR count). The number of nitrogens with zero attached hydrogens (tertiary/aromatic N) is 3. The number of hydrogen-bond donors (Lipinski definition) is 1. The number of aromatic carboxylic acids is 1. The van der Waals surface area contributed by atoms with E-state index in [1.54, 1.807) is 48.5 Å². The summed E-state index contributed by atoms with van der Waals surface area (Å²) in [6.07, 6.45) is 1.51. The largest absolute Gasteiger partial charge is 0.493 e. The third-order valence-corrected chi connectivity index (χ3v) is 7.07. The molecule has 2 heterocycles. The van der Waals surface area contributed by atoms with Crippen LogP contribution in [0.4, 0.5) is 0 Å². The molecule has 0 saturated heterocycles. The van der Waals surface area contributed by atoms with E-state index in [0.29, 0.717) is 39.3 Å². The maximum absolute atomic E-state index is 13.7. The van der Waals surface area contributed by atoms with E-state index < -0.39 is 5.97 Å². The summed E-state index contributed by atoms with van der Waals surface area (Å²) in [6.45, 7) is 0.151. The minimum absolute atomic E-state index is 0.151. The van der Waals surface area contributed by atoms with Crippen LogP contribution in [-0.2, 0) is 6.61 Å². The first-order chi connectivity index (χ1) is 20.4.